The number of benzene rings is 1. The van der Waals surface area contributed by atoms with Crippen LogP contribution in [0.3, 0.4) is 0 Å². The smallest absolute Gasteiger partial charge is 0.410 e. The third kappa shape index (κ3) is 2.82. The summed E-state index contributed by atoms with van der Waals surface area (Å²) in [4.78, 5) is 42.1. The lowest BCUT2D eigenvalue weighted by molar-refractivity contribution is -0.161. The summed E-state index contributed by atoms with van der Waals surface area (Å²) < 4.78 is 18.1. The fraction of sp³-hybridized carbons (Fsp3) is 0.438. The number of hydrogen-bond acceptors (Lipinski definition) is 5. The number of carbonyl (C=O) groups is 3. The van der Waals surface area contributed by atoms with Crippen LogP contribution in [0.2, 0.25) is 0 Å². The molecule has 3 aliphatic rings. The van der Waals surface area contributed by atoms with Gasteiger partial charge in [0, 0.05) is 18.8 Å². The molecular weight excluding hydrogens is 349 g/mol. The van der Waals surface area contributed by atoms with Gasteiger partial charge in [-0.25, -0.2) is 9.18 Å². The molecule has 2 atom stereocenters. The van der Waals surface area contributed by atoms with Gasteiger partial charge in [-0.15, -0.1) is 11.8 Å². The topological polar surface area (TPSA) is 70.2 Å². The molecule has 0 bridgehead atoms. The summed E-state index contributed by atoms with van der Waals surface area (Å²) in [6.45, 7) is 0.719. The summed E-state index contributed by atoms with van der Waals surface area (Å²) in [5, 5.41) is 0. The molecule has 0 saturated carbocycles. The van der Waals surface area contributed by atoms with Gasteiger partial charge in [0.05, 0.1) is 12.4 Å². The lowest BCUT2D eigenvalue weighted by Gasteiger charge is -2.46. The number of halogens is 1. The second-order valence-corrected chi connectivity index (χ2v) is 7.14. The fourth-order valence-corrected chi connectivity index (χ4v) is 4.49. The summed E-state index contributed by atoms with van der Waals surface area (Å²) in [6, 6.07) is 4.11. The Morgan fingerprint density at radius 1 is 1.08 bits per heavy atom. The molecule has 1 aromatic rings. The van der Waals surface area contributed by atoms with Crippen LogP contribution in [0.15, 0.2) is 24.3 Å². The normalized spacial score (nSPS) is 25.7. The van der Waals surface area contributed by atoms with Crippen LogP contribution in [0.1, 0.15) is 0 Å². The number of fused-ring (bicyclic) bond motifs is 2. The van der Waals surface area contributed by atoms with Crippen LogP contribution in [-0.2, 0) is 9.59 Å². The van der Waals surface area contributed by atoms with E-state index in [-0.39, 0.29) is 30.2 Å². The molecule has 3 fully saturated rings. The van der Waals surface area contributed by atoms with E-state index in [0.717, 1.165) is 0 Å². The molecule has 0 unspecified atom stereocenters. The van der Waals surface area contributed by atoms with E-state index in [4.69, 9.17) is 4.74 Å². The molecule has 132 valence electrons. The zero-order chi connectivity index (χ0) is 17.6. The van der Waals surface area contributed by atoms with E-state index in [1.165, 1.54) is 29.2 Å². The monoisotopic (exact) mass is 365 g/mol. The van der Waals surface area contributed by atoms with E-state index in [1.807, 2.05) is 0 Å². The van der Waals surface area contributed by atoms with E-state index in [0.29, 0.717) is 24.7 Å². The van der Waals surface area contributed by atoms with E-state index >= 15 is 0 Å². The quantitative estimate of drug-likeness (QED) is 0.735. The molecule has 9 heteroatoms. The zero-order valence-electron chi connectivity index (χ0n) is 13.3. The molecular formula is C16H16FN3O4S. The van der Waals surface area contributed by atoms with Crippen molar-refractivity contribution in [2.45, 2.75) is 12.1 Å². The van der Waals surface area contributed by atoms with Crippen molar-refractivity contribution in [3.05, 3.63) is 30.1 Å². The number of nitrogens with zero attached hydrogens (tertiary/aromatic N) is 3. The number of amides is 3. The number of piperazine rings is 2. The van der Waals surface area contributed by atoms with Crippen molar-refractivity contribution in [2.75, 3.05) is 31.3 Å². The molecule has 7 nitrogen and oxygen atoms in total. The summed E-state index contributed by atoms with van der Waals surface area (Å²) in [7, 11) is 0. The van der Waals surface area contributed by atoms with Crippen molar-refractivity contribution < 1.29 is 23.5 Å². The molecule has 3 saturated heterocycles. The van der Waals surface area contributed by atoms with Crippen LogP contribution in [0.25, 0.3) is 0 Å². The Hall–Kier alpha value is -2.29. The van der Waals surface area contributed by atoms with E-state index < -0.39 is 18.0 Å². The molecule has 25 heavy (non-hydrogen) atoms. The van der Waals surface area contributed by atoms with Crippen LogP contribution in [0, 0.1) is 5.82 Å². The Morgan fingerprint density at radius 3 is 2.56 bits per heavy atom. The third-order valence-corrected chi connectivity index (χ3v) is 5.69. The van der Waals surface area contributed by atoms with Crippen LogP contribution < -0.4 is 4.74 Å². The highest BCUT2D eigenvalue weighted by molar-refractivity contribution is 7.99. The predicted molar refractivity (Wildman–Crippen MR) is 87.5 cm³/mol. The average Bonchev–Trinajstić information content (AvgIpc) is 3.11. The minimum Gasteiger partial charge on any atom is -0.410 e. The van der Waals surface area contributed by atoms with Gasteiger partial charge in [-0.05, 0) is 24.3 Å². The van der Waals surface area contributed by atoms with Crippen molar-refractivity contribution in [1.29, 1.82) is 0 Å². The van der Waals surface area contributed by atoms with Gasteiger partial charge in [-0.1, -0.05) is 0 Å². The first kappa shape index (κ1) is 16.2. The Labute approximate surface area is 147 Å². The Bertz CT molecular complexity index is 729. The molecule has 4 rings (SSSR count). The SMILES string of the molecule is O=C(Oc1ccc(F)cc1)N1CCN2C(=O)[C@@H]3CSCN3C(=O)[C@H]2C1. The molecule has 3 heterocycles. The van der Waals surface area contributed by atoms with Crippen molar-refractivity contribution in [1.82, 2.24) is 14.7 Å². The molecule has 3 amide bonds. The van der Waals surface area contributed by atoms with Gasteiger partial charge in [0.25, 0.3) is 0 Å². The summed E-state index contributed by atoms with van der Waals surface area (Å²) in [5.41, 5.74) is 0. The van der Waals surface area contributed by atoms with Crippen molar-refractivity contribution >= 4 is 29.7 Å². The highest BCUT2D eigenvalue weighted by Crippen LogP contribution is 2.30. The Morgan fingerprint density at radius 2 is 1.80 bits per heavy atom. The van der Waals surface area contributed by atoms with Crippen molar-refractivity contribution in [3.63, 3.8) is 0 Å². The predicted octanol–water partition coefficient (Wildman–Crippen LogP) is 0.752. The number of thioether (sulfide) groups is 1. The first-order valence-electron chi connectivity index (χ1n) is 7.95. The lowest BCUT2D eigenvalue weighted by atomic mass is 10.0. The Kier molecular flexibility index (Phi) is 4.03. The molecule has 0 aromatic heterocycles. The van der Waals surface area contributed by atoms with Gasteiger partial charge in [-0.3, -0.25) is 9.59 Å². The summed E-state index contributed by atoms with van der Waals surface area (Å²) in [6.07, 6.45) is -0.607. The first-order valence-corrected chi connectivity index (χ1v) is 9.11. The van der Waals surface area contributed by atoms with Crippen LogP contribution in [0.4, 0.5) is 9.18 Å². The van der Waals surface area contributed by atoms with Gasteiger partial charge in [-0.2, -0.15) is 0 Å². The Balaban J connectivity index is 1.46. The molecule has 0 spiro atoms. The number of rotatable bonds is 1. The van der Waals surface area contributed by atoms with Gasteiger partial charge in [0.15, 0.2) is 0 Å². The molecule has 0 radical (unpaired) electrons. The third-order valence-electron chi connectivity index (χ3n) is 4.68. The summed E-state index contributed by atoms with van der Waals surface area (Å²) >= 11 is 1.56. The first-order chi connectivity index (χ1) is 12.0. The van der Waals surface area contributed by atoms with Gasteiger partial charge in [0.1, 0.15) is 23.7 Å². The van der Waals surface area contributed by atoms with Crippen molar-refractivity contribution in [2.24, 2.45) is 0 Å². The van der Waals surface area contributed by atoms with Gasteiger partial charge in [0.2, 0.25) is 11.8 Å². The van der Waals surface area contributed by atoms with Crippen molar-refractivity contribution in [3.8, 4) is 5.75 Å². The molecule has 0 N–H and O–H groups in total. The van der Waals surface area contributed by atoms with E-state index in [1.54, 1.807) is 21.6 Å². The minimum atomic E-state index is -0.656. The summed E-state index contributed by atoms with van der Waals surface area (Å²) in [5.74, 6) is 0.799. The minimum absolute atomic E-state index is 0.0406. The second-order valence-electron chi connectivity index (χ2n) is 6.14. The van der Waals surface area contributed by atoms with Gasteiger partial charge < -0.3 is 19.4 Å². The van der Waals surface area contributed by atoms with E-state index in [2.05, 4.69) is 0 Å². The second kappa shape index (κ2) is 6.21. The zero-order valence-corrected chi connectivity index (χ0v) is 14.1. The van der Waals surface area contributed by atoms with Crippen LogP contribution in [-0.4, -0.2) is 76.0 Å². The van der Waals surface area contributed by atoms with Crippen LogP contribution in [0.5, 0.6) is 5.75 Å². The molecule has 3 aliphatic heterocycles. The fourth-order valence-electron chi connectivity index (χ4n) is 3.34. The van der Waals surface area contributed by atoms with Gasteiger partial charge >= 0.3 is 6.09 Å². The lowest BCUT2D eigenvalue weighted by Crippen LogP contribution is -2.69. The molecule has 1 aromatic carbocycles. The largest absolute Gasteiger partial charge is 0.415 e. The number of carbonyl (C=O) groups excluding carboxylic acids is 3. The highest BCUT2D eigenvalue weighted by Gasteiger charge is 2.50. The average molecular weight is 365 g/mol. The standard InChI is InChI=1S/C16H16FN3O4S/c17-10-1-3-11(4-2-10)24-16(23)18-5-6-19-12(7-18)14(21)20-9-25-8-13(20)15(19)22/h1-4,12-13H,5-9H2/t12-,13+/m1/s1. The van der Waals surface area contributed by atoms with E-state index in [9.17, 15) is 18.8 Å². The highest BCUT2D eigenvalue weighted by atomic mass is 32.2. The molecule has 0 aliphatic carbocycles. The maximum atomic E-state index is 12.9. The maximum absolute atomic E-state index is 12.9. The number of hydrogen-bond donors (Lipinski definition) is 0. The number of ether oxygens (including phenoxy) is 1. The maximum Gasteiger partial charge on any atom is 0.415 e. The van der Waals surface area contributed by atoms with Crippen LogP contribution >= 0.6 is 11.8 Å².